The summed E-state index contributed by atoms with van der Waals surface area (Å²) >= 11 is 5.96. The van der Waals surface area contributed by atoms with E-state index < -0.39 is 0 Å². The third-order valence-corrected chi connectivity index (χ3v) is 4.59. The number of halogens is 1. The van der Waals surface area contributed by atoms with E-state index in [2.05, 4.69) is 15.6 Å². The van der Waals surface area contributed by atoms with Crippen molar-refractivity contribution in [2.45, 2.75) is 6.54 Å². The lowest BCUT2D eigenvalue weighted by molar-refractivity contribution is 0.102. The number of carbonyl (C=O) groups excluding carboxylic acids is 1. The molecule has 0 radical (unpaired) electrons. The number of rotatable bonds is 5. The number of amides is 1. The van der Waals surface area contributed by atoms with E-state index in [0.29, 0.717) is 28.3 Å². The number of ether oxygens (including phenoxy) is 1. The number of fused-ring (bicyclic) bond motifs is 1. The molecule has 3 aromatic carbocycles. The maximum Gasteiger partial charge on any atom is 0.255 e. The topological polar surface area (TPSA) is 69.0 Å². The van der Waals surface area contributed by atoms with Crippen molar-refractivity contribution in [2.24, 2.45) is 0 Å². The highest BCUT2D eigenvalue weighted by atomic mass is 35.5. The first kappa shape index (κ1) is 18.0. The average molecular weight is 393 g/mol. The summed E-state index contributed by atoms with van der Waals surface area (Å²) in [6, 6.07) is 20.2. The SMILES string of the molecule is COc1ccc(Cn2nnc3cc(C(=O)Nc4cccc(Cl)c4)ccc32)cc1. The molecule has 1 N–H and O–H groups in total. The van der Waals surface area contributed by atoms with Crippen LogP contribution in [0, 0.1) is 0 Å². The van der Waals surface area contributed by atoms with Crippen molar-refractivity contribution >= 4 is 34.2 Å². The van der Waals surface area contributed by atoms with Crippen LogP contribution in [0.4, 0.5) is 5.69 Å². The van der Waals surface area contributed by atoms with Crippen molar-refractivity contribution in [1.82, 2.24) is 15.0 Å². The van der Waals surface area contributed by atoms with Crippen molar-refractivity contribution < 1.29 is 9.53 Å². The predicted molar refractivity (Wildman–Crippen MR) is 109 cm³/mol. The standard InChI is InChI=1S/C21H17ClN4O2/c1-28-18-8-5-14(6-9-18)13-26-20-10-7-15(11-19(20)24-25-26)21(27)23-17-4-2-3-16(22)12-17/h2-12H,13H2,1H3,(H,23,27). The van der Waals surface area contributed by atoms with Gasteiger partial charge in [0.15, 0.2) is 0 Å². The van der Waals surface area contributed by atoms with Crippen LogP contribution in [0.25, 0.3) is 11.0 Å². The molecule has 0 fully saturated rings. The minimum atomic E-state index is -0.228. The molecule has 0 aliphatic carbocycles. The molecule has 0 aliphatic rings. The second-order valence-electron chi connectivity index (χ2n) is 6.26. The molecule has 140 valence electrons. The van der Waals surface area contributed by atoms with Gasteiger partial charge in [-0.05, 0) is 54.1 Å². The lowest BCUT2D eigenvalue weighted by Gasteiger charge is -2.06. The lowest BCUT2D eigenvalue weighted by Crippen LogP contribution is -2.11. The average Bonchev–Trinajstić information content (AvgIpc) is 3.10. The molecule has 1 aromatic heterocycles. The van der Waals surface area contributed by atoms with Gasteiger partial charge in [-0.3, -0.25) is 4.79 Å². The molecule has 0 bridgehead atoms. The Kier molecular flexibility index (Phi) is 4.95. The number of benzene rings is 3. The zero-order valence-corrected chi connectivity index (χ0v) is 15.8. The molecule has 0 atom stereocenters. The monoisotopic (exact) mass is 392 g/mol. The van der Waals surface area contributed by atoms with Crippen molar-refractivity contribution in [2.75, 3.05) is 12.4 Å². The van der Waals surface area contributed by atoms with E-state index >= 15 is 0 Å². The van der Waals surface area contributed by atoms with Crippen LogP contribution in [-0.2, 0) is 6.54 Å². The van der Waals surface area contributed by atoms with Gasteiger partial charge in [-0.2, -0.15) is 0 Å². The summed E-state index contributed by atoms with van der Waals surface area (Å²) in [6.45, 7) is 0.578. The van der Waals surface area contributed by atoms with Crippen LogP contribution in [0.15, 0.2) is 66.7 Å². The van der Waals surface area contributed by atoms with Gasteiger partial charge in [0.2, 0.25) is 0 Å². The molecule has 0 saturated carbocycles. The number of carbonyl (C=O) groups is 1. The van der Waals surface area contributed by atoms with Gasteiger partial charge in [-0.1, -0.05) is 35.0 Å². The van der Waals surface area contributed by atoms with Crippen LogP contribution >= 0.6 is 11.6 Å². The zero-order valence-electron chi connectivity index (χ0n) is 15.1. The van der Waals surface area contributed by atoms with Gasteiger partial charge < -0.3 is 10.1 Å². The van der Waals surface area contributed by atoms with Crippen LogP contribution in [0.1, 0.15) is 15.9 Å². The fraction of sp³-hybridized carbons (Fsp3) is 0.0952. The summed E-state index contributed by atoms with van der Waals surface area (Å²) in [7, 11) is 1.64. The largest absolute Gasteiger partial charge is 0.497 e. The van der Waals surface area contributed by atoms with Crippen molar-refractivity contribution in [3.05, 3.63) is 82.9 Å². The van der Waals surface area contributed by atoms with Crippen LogP contribution in [0.2, 0.25) is 5.02 Å². The van der Waals surface area contributed by atoms with Crippen LogP contribution < -0.4 is 10.1 Å². The Balaban J connectivity index is 1.54. The minimum Gasteiger partial charge on any atom is -0.497 e. The molecule has 6 nitrogen and oxygen atoms in total. The van der Waals surface area contributed by atoms with E-state index in [1.807, 2.05) is 30.3 Å². The first-order valence-corrected chi connectivity index (χ1v) is 9.03. The Hall–Kier alpha value is -3.38. The van der Waals surface area contributed by atoms with E-state index in [9.17, 15) is 4.79 Å². The fourth-order valence-electron chi connectivity index (χ4n) is 2.90. The Morgan fingerprint density at radius 1 is 1.11 bits per heavy atom. The maximum atomic E-state index is 12.5. The molecule has 4 aromatic rings. The second-order valence-corrected chi connectivity index (χ2v) is 6.70. The summed E-state index contributed by atoms with van der Waals surface area (Å²) in [5.41, 5.74) is 3.74. The van der Waals surface area contributed by atoms with E-state index in [1.165, 1.54) is 0 Å². The fourth-order valence-corrected chi connectivity index (χ4v) is 3.09. The predicted octanol–water partition coefficient (Wildman–Crippen LogP) is 4.39. The highest BCUT2D eigenvalue weighted by Gasteiger charge is 2.11. The van der Waals surface area contributed by atoms with Gasteiger partial charge in [-0.15, -0.1) is 5.10 Å². The third kappa shape index (κ3) is 3.82. The van der Waals surface area contributed by atoms with Crippen molar-refractivity contribution in [1.29, 1.82) is 0 Å². The van der Waals surface area contributed by atoms with Crippen molar-refractivity contribution in [3.63, 3.8) is 0 Å². The quantitative estimate of drug-likeness (QED) is 0.546. The number of aromatic nitrogens is 3. The molecular weight excluding hydrogens is 376 g/mol. The summed E-state index contributed by atoms with van der Waals surface area (Å²) in [4.78, 5) is 12.5. The normalized spacial score (nSPS) is 10.8. The highest BCUT2D eigenvalue weighted by molar-refractivity contribution is 6.31. The summed E-state index contributed by atoms with van der Waals surface area (Å²) in [5, 5.41) is 11.8. The molecule has 7 heteroatoms. The van der Waals surface area contributed by atoms with E-state index in [-0.39, 0.29) is 5.91 Å². The second kappa shape index (κ2) is 7.70. The Labute approximate surface area is 166 Å². The molecular formula is C21H17ClN4O2. The van der Waals surface area contributed by atoms with E-state index in [1.54, 1.807) is 48.2 Å². The maximum absolute atomic E-state index is 12.5. The van der Waals surface area contributed by atoms with Crippen LogP contribution in [0.5, 0.6) is 5.75 Å². The molecule has 0 spiro atoms. The molecule has 4 rings (SSSR count). The summed E-state index contributed by atoms with van der Waals surface area (Å²) in [5.74, 6) is 0.580. The number of nitrogens with zero attached hydrogens (tertiary/aromatic N) is 3. The summed E-state index contributed by atoms with van der Waals surface area (Å²) in [6.07, 6.45) is 0. The smallest absolute Gasteiger partial charge is 0.255 e. The van der Waals surface area contributed by atoms with Crippen LogP contribution in [0.3, 0.4) is 0 Å². The highest BCUT2D eigenvalue weighted by Crippen LogP contribution is 2.19. The van der Waals surface area contributed by atoms with Gasteiger partial charge >= 0.3 is 0 Å². The lowest BCUT2D eigenvalue weighted by atomic mass is 10.1. The molecule has 28 heavy (non-hydrogen) atoms. The van der Waals surface area contributed by atoms with Gasteiger partial charge in [0.05, 0.1) is 19.2 Å². The molecule has 1 amide bonds. The number of hydrogen-bond donors (Lipinski definition) is 1. The molecule has 1 heterocycles. The first-order valence-electron chi connectivity index (χ1n) is 8.65. The minimum absolute atomic E-state index is 0.228. The van der Waals surface area contributed by atoms with E-state index in [0.717, 1.165) is 16.8 Å². The van der Waals surface area contributed by atoms with Gasteiger partial charge in [0, 0.05) is 16.3 Å². The van der Waals surface area contributed by atoms with E-state index in [4.69, 9.17) is 16.3 Å². The van der Waals surface area contributed by atoms with Crippen LogP contribution in [-0.4, -0.2) is 28.0 Å². The Morgan fingerprint density at radius 2 is 1.93 bits per heavy atom. The van der Waals surface area contributed by atoms with Crippen molar-refractivity contribution in [3.8, 4) is 5.75 Å². The van der Waals surface area contributed by atoms with Gasteiger partial charge in [0.25, 0.3) is 5.91 Å². The number of methoxy groups -OCH3 is 1. The summed E-state index contributed by atoms with van der Waals surface area (Å²) < 4.78 is 6.98. The zero-order chi connectivity index (χ0) is 19.5. The first-order chi connectivity index (χ1) is 13.6. The number of anilines is 1. The Bertz CT molecular complexity index is 1140. The van der Waals surface area contributed by atoms with Gasteiger partial charge in [-0.25, -0.2) is 4.68 Å². The number of hydrogen-bond acceptors (Lipinski definition) is 4. The third-order valence-electron chi connectivity index (χ3n) is 4.35. The van der Waals surface area contributed by atoms with Gasteiger partial charge in [0.1, 0.15) is 11.3 Å². The number of nitrogens with one attached hydrogen (secondary N) is 1. The molecule has 0 aliphatic heterocycles. The Morgan fingerprint density at radius 3 is 2.68 bits per heavy atom. The molecule has 0 unspecified atom stereocenters. The molecule has 0 saturated heterocycles.